The van der Waals surface area contributed by atoms with E-state index in [0.717, 1.165) is 18.2 Å². The molecule has 1 N–H and O–H groups in total. The first-order chi connectivity index (χ1) is 13.0. The molecule has 0 spiro atoms. The van der Waals surface area contributed by atoms with Crippen molar-refractivity contribution in [2.24, 2.45) is 0 Å². The second kappa shape index (κ2) is 8.22. The van der Waals surface area contributed by atoms with Crippen LogP contribution in [-0.2, 0) is 9.53 Å². The zero-order valence-corrected chi connectivity index (χ0v) is 14.6. The summed E-state index contributed by atoms with van der Waals surface area (Å²) in [7, 11) is 0. The van der Waals surface area contributed by atoms with Crippen molar-refractivity contribution in [3.8, 4) is 11.5 Å². The minimum absolute atomic E-state index is 0.0501. The van der Waals surface area contributed by atoms with Crippen LogP contribution < -0.4 is 14.8 Å². The van der Waals surface area contributed by atoms with E-state index in [1.165, 1.54) is 12.1 Å². The minimum atomic E-state index is -0.940. The van der Waals surface area contributed by atoms with Gasteiger partial charge in [-0.05, 0) is 24.3 Å². The molecule has 0 bridgehead atoms. The summed E-state index contributed by atoms with van der Waals surface area (Å²) in [5.41, 5.74) is -0.564. The molecule has 0 atom stereocenters. The van der Waals surface area contributed by atoms with E-state index in [1.807, 2.05) is 5.32 Å². The standard InChI is InChI=1S/C18H14ClF2NO5/c19-11-7-10(8-14-17(11)26-6-2-5-25-14)18(24)27-9-15(23)22-16-12(20)3-1-4-13(16)21/h1,3-4,7-8H,2,5-6,9H2,(H,22,23). The van der Waals surface area contributed by atoms with Gasteiger partial charge in [-0.3, -0.25) is 4.79 Å². The molecule has 3 rings (SSSR count). The summed E-state index contributed by atoms with van der Waals surface area (Å²) in [6.45, 7) is 0.0976. The van der Waals surface area contributed by atoms with Crippen molar-refractivity contribution >= 4 is 29.2 Å². The van der Waals surface area contributed by atoms with Crippen molar-refractivity contribution in [3.05, 3.63) is 52.6 Å². The molecule has 0 aromatic heterocycles. The van der Waals surface area contributed by atoms with E-state index in [4.69, 9.17) is 25.8 Å². The third kappa shape index (κ3) is 4.46. The van der Waals surface area contributed by atoms with Gasteiger partial charge in [-0.25, -0.2) is 13.6 Å². The second-order valence-corrected chi connectivity index (χ2v) is 5.96. The highest BCUT2D eigenvalue weighted by atomic mass is 35.5. The molecule has 9 heteroatoms. The lowest BCUT2D eigenvalue weighted by Crippen LogP contribution is -2.22. The lowest BCUT2D eigenvalue weighted by Gasteiger charge is -2.11. The Balaban J connectivity index is 1.65. The SMILES string of the molecule is O=C(COC(=O)c1cc(Cl)c2c(c1)OCCCO2)Nc1c(F)cccc1F. The summed E-state index contributed by atoms with van der Waals surface area (Å²) in [6, 6.07) is 5.86. The maximum Gasteiger partial charge on any atom is 0.338 e. The first-order valence-electron chi connectivity index (χ1n) is 7.96. The molecule has 0 saturated carbocycles. The molecule has 27 heavy (non-hydrogen) atoms. The van der Waals surface area contributed by atoms with Gasteiger partial charge in [0.05, 0.1) is 23.8 Å². The van der Waals surface area contributed by atoms with Crippen LogP contribution in [0.4, 0.5) is 14.5 Å². The van der Waals surface area contributed by atoms with E-state index in [0.29, 0.717) is 31.1 Å². The summed E-state index contributed by atoms with van der Waals surface area (Å²) in [4.78, 5) is 24.0. The molecule has 6 nitrogen and oxygen atoms in total. The molecule has 0 radical (unpaired) electrons. The molecule has 1 aliphatic rings. The summed E-state index contributed by atoms with van der Waals surface area (Å²) in [5.74, 6) is -3.00. The largest absolute Gasteiger partial charge is 0.489 e. The van der Waals surface area contributed by atoms with Crippen LogP contribution in [0.2, 0.25) is 5.02 Å². The molecule has 0 fully saturated rings. The molecule has 142 valence electrons. The van der Waals surface area contributed by atoms with Gasteiger partial charge in [0.2, 0.25) is 0 Å². The predicted molar refractivity (Wildman–Crippen MR) is 92.3 cm³/mol. The Bertz CT molecular complexity index is 870. The van der Waals surface area contributed by atoms with Crippen LogP contribution in [0.15, 0.2) is 30.3 Å². The molecule has 1 aliphatic heterocycles. The van der Waals surface area contributed by atoms with Gasteiger partial charge < -0.3 is 19.5 Å². The van der Waals surface area contributed by atoms with Crippen LogP contribution >= 0.6 is 11.6 Å². The smallest absolute Gasteiger partial charge is 0.338 e. The van der Waals surface area contributed by atoms with E-state index < -0.39 is 35.8 Å². The lowest BCUT2D eigenvalue weighted by atomic mass is 10.2. The molecule has 2 aromatic carbocycles. The fourth-order valence-corrected chi connectivity index (χ4v) is 2.62. The van der Waals surface area contributed by atoms with Crippen molar-refractivity contribution in [1.82, 2.24) is 0 Å². The van der Waals surface area contributed by atoms with Gasteiger partial charge >= 0.3 is 5.97 Å². The zero-order valence-electron chi connectivity index (χ0n) is 13.9. The van der Waals surface area contributed by atoms with Crippen LogP contribution in [0.1, 0.15) is 16.8 Å². The van der Waals surface area contributed by atoms with E-state index >= 15 is 0 Å². The summed E-state index contributed by atoms with van der Waals surface area (Å²) in [5, 5.41) is 2.18. The fourth-order valence-electron chi connectivity index (χ4n) is 2.36. The van der Waals surface area contributed by atoms with Crippen molar-refractivity contribution in [2.75, 3.05) is 25.1 Å². The topological polar surface area (TPSA) is 73.9 Å². The predicted octanol–water partition coefficient (Wildman–Crippen LogP) is 3.58. The van der Waals surface area contributed by atoms with E-state index in [1.54, 1.807) is 0 Å². The Morgan fingerprint density at radius 2 is 1.85 bits per heavy atom. The molecular weight excluding hydrogens is 384 g/mol. The number of benzene rings is 2. The third-order valence-corrected chi connectivity index (χ3v) is 3.88. The van der Waals surface area contributed by atoms with Crippen LogP contribution in [0.3, 0.4) is 0 Å². The number of ether oxygens (including phenoxy) is 3. The number of nitrogens with one attached hydrogen (secondary N) is 1. The van der Waals surface area contributed by atoms with Crippen molar-refractivity contribution < 1.29 is 32.6 Å². The number of hydrogen-bond donors (Lipinski definition) is 1. The Morgan fingerprint density at radius 1 is 1.15 bits per heavy atom. The quantitative estimate of drug-likeness (QED) is 0.798. The van der Waals surface area contributed by atoms with Crippen LogP contribution in [0, 0.1) is 11.6 Å². The van der Waals surface area contributed by atoms with E-state index in [2.05, 4.69) is 0 Å². The number of fused-ring (bicyclic) bond motifs is 1. The minimum Gasteiger partial charge on any atom is -0.489 e. The Hall–Kier alpha value is -2.87. The average molecular weight is 398 g/mol. The number of halogens is 3. The van der Waals surface area contributed by atoms with Gasteiger partial charge in [-0.15, -0.1) is 0 Å². The highest BCUT2D eigenvalue weighted by Gasteiger charge is 2.20. The van der Waals surface area contributed by atoms with Gasteiger partial charge in [-0.1, -0.05) is 17.7 Å². The Morgan fingerprint density at radius 3 is 2.59 bits per heavy atom. The van der Waals surface area contributed by atoms with E-state index in [9.17, 15) is 18.4 Å². The van der Waals surface area contributed by atoms with E-state index in [-0.39, 0.29) is 10.6 Å². The second-order valence-electron chi connectivity index (χ2n) is 5.56. The molecule has 0 aliphatic carbocycles. The van der Waals surface area contributed by atoms with Gasteiger partial charge in [0.15, 0.2) is 18.1 Å². The van der Waals surface area contributed by atoms with Crippen LogP contribution in [0.5, 0.6) is 11.5 Å². The van der Waals surface area contributed by atoms with Crippen LogP contribution in [-0.4, -0.2) is 31.7 Å². The number of esters is 1. The van der Waals surface area contributed by atoms with Crippen molar-refractivity contribution in [2.45, 2.75) is 6.42 Å². The van der Waals surface area contributed by atoms with Crippen molar-refractivity contribution in [1.29, 1.82) is 0 Å². The van der Waals surface area contributed by atoms with Crippen molar-refractivity contribution in [3.63, 3.8) is 0 Å². The molecule has 1 heterocycles. The maximum atomic E-state index is 13.5. The first-order valence-corrected chi connectivity index (χ1v) is 8.33. The molecular formula is C18H14ClF2NO5. The third-order valence-electron chi connectivity index (χ3n) is 3.60. The Kier molecular flexibility index (Phi) is 5.75. The molecule has 2 aromatic rings. The monoisotopic (exact) mass is 397 g/mol. The van der Waals surface area contributed by atoms with Gasteiger partial charge in [0.25, 0.3) is 5.91 Å². The number of amides is 1. The number of hydrogen-bond acceptors (Lipinski definition) is 5. The lowest BCUT2D eigenvalue weighted by molar-refractivity contribution is -0.119. The summed E-state index contributed by atoms with van der Waals surface area (Å²) in [6.07, 6.45) is 0.664. The number of rotatable bonds is 4. The number of para-hydroxylation sites is 1. The van der Waals surface area contributed by atoms with Gasteiger partial charge in [0.1, 0.15) is 17.3 Å². The fraction of sp³-hybridized carbons (Fsp3) is 0.222. The number of carbonyl (C=O) groups is 2. The molecule has 0 unspecified atom stereocenters. The highest BCUT2D eigenvalue weighted by Crippen LogP contribution is 2.38. The highest BCUT2D eigenvalue weighted by molar-refractivity contribution is 6.32. The number of carbonyl (C=O) groups excluding carboxylic acids is 2. The summed E-state index contributed by atoms with van der Waals surface area (Å²) < 4.78 is 42.8. The maximum absolute atomic E-state index is 13.5. The zero-order chi connectivity index (χ0) is 19.4. The van der Waals surface area contributed by atoms with Crippen LogP contribution in [0.25, 0.3) is 0 Å². The first kappa shape index (κ1) is 18.9. The summed E-state index contributed by atoms with van der Waals surface area (Å²) >= 11 is 6.09. The van der Waals surface area contributed by atoms with Gasteiger partial charge in [0, 0.05) is 6.42 Å². The number of anilines is 1. The normalized spacial score (nSPS) is 12.9. The Labute approximate surface area is 158 Å². The molecule has 1 amide bonds. The average Bonchev–Trinajstić information content (AvgIpc) is 2.88. The van der Waals surface area contributed by atoms with Gasteiger partial charge in [-0.2, -0.15) is 0 Å². The molecule has 0 saturated heterocycles.